The number of rotatable bonds is 7. The molecule has 2 N–H and O–H groups in total. The highest BCUT2D eigenvalue weighted by Crippen LogP contribution is 2.29. The number of amides is 1. The summed E-state index contributed by atoms with van der Waals surface area (Å²) in [5.74, 6) is 0.774. The van der Waals surface area contributed by atoms with Crippen molar-refractivity contribution in [2.75, 3.05) is 6.54 Å². The molecule has 166 valence electrons. The second-order valence-corrected chi connectivity index (χ2v) is 8.92. The topological polar surface area (TPSA) is 44.4 Å². The molecule has 0 saturated heterocycles. The maximum atomic E-state index is 14.2. The average molecular weight is 442 g/mol. The molecule has 0 radical (unpaired) electrons. The third-order valence-corrected chi connectivity index (χ3v) is 6.68. The molecule has 0 aromatic heterocycles. The number of thiocarbonyl (C=S) groups is 1. The zero-order valence-corrected chi connectivity index (χ0v) is 19.1. The number of benzene rings is 2. The lowest BCUT2D eigenvalue weighted by Gasteiger charge is -2.34. The molecule has 4 nitrogen and oxygen atoms in total. The van der Waals surface area contributed by atoms with Gasteiger partial charge in [-0.2, -0.15) is 0 Å². The smallest absolute Gasteiger partial charge is 0.239 e. The Bertz CT molecular complexity index is 876. The van der Waals surface area contributed by atoms with E-state index in [-0.39, 0.29) is 24.3 Å². The Morgan fingerprint density at radius 3 is 2.52 bits per heavy atom. The number of nitrogens with zero attached hydrogens (tertiary/aromatic N) is 1. The fraction of sp³-hybridized carbons (Fsp3) is 0.440. The van der Waals surface area contributed by atoms with Crippen LogP contribution in [-0.4, -0.2) is 28.5 Å². The zero-order valence-electron chi connectivity index (χ0n) is 18.3. The molecule has 1 amide bonds. The normalized spacial score (nSPS) is 20.7. The predicted octanol–water partition coefficient (Wildman–Crippen LogP) is 4.64. The Labute approximate surface area is 190 Å². The fourth-order valence-corrected chi connectivity index (χ4v) is 4.35. The predicted molar refractivity (Wildman–Crippen MR) is 127 cm³/mol. The molecule has 0 unspecified atom stereocenters. The lowest BCUT2D eigenvalue weighted by atomic mass is 9.78. The van der Waals surface area contributed by atoms with E-state index in [0.29, 0.717) is 35.6 Å². The number of hydrogen-bond donors (Lipinski definition) is 2. The summed E-state index contributed by atoms with van der Waals surface area (Å²) in [5, 5.41) is 6.68. The molecule has 31 heavy (non-hydrogen) atoms. The summed E-state index contributed by atoms with van der Waals surface area (Å²) in [7, 11) is 0. The summed E-state index contributed by atoms with van der Waals surface area (Å²) in [6.45, 7) is 5.42. The third kappa shape index (κ3) is 6.76. The second-order valence-electron chi connectivity index (χ2n) is 8.53. The van der Waals surface area contributed by atoms with Crippen molar-refractivity contribution in [3.05, 3.63) is 71.5 Å². The molecule has 1 aliphatic carbocycles. The SMILES string of the molecule is C[C@H]1[C@H](C)CCC[C@H]1NC(=O)CNC(=S)N(Cc1ccccc1)Cc1ccccc1F. The highest BCUT2D eigenvalue weighted by molar-refractivity contribution is 7.80. The summed E-state index contributed by atoms with van der Waals surface area (Å²) in [4.78, 5) is 14.4. The van der Waals surface area contributed by atoms with Crippen molar-refractivity contribution in [1.29, 1.82) is 0 Å². The van der Waals surface area contributed by atoms with E-state index in [1.54, 1.807) is 12.1 Å². The molecule has 3 rings (SSSR count). The van der Waals surface area contributed by atoms with Gasteiger partial charge in [0.2, 0.25) is 5.91 Å². The van der Waals surface area contributed by atoms with E-state index >= 15 is 0 Å². The van der Waals surface area contributed by atoms with Crippen LogP contribution in [-0.2, 0) is 17.9 Å². The number of nitrogens with one attached hydrogen (secondary N) is 2. The van der Waals surface area contributed by atoms with Crippen LogP contribution in [0.25, 0.3) is 0 Å². The quantitative estimate of drug-likeness (QED) is 0.614. The van der Waals surface area contributed by atoms with Crippen molar-refractivity contribution in [2.24, 2.45) is 11.8 Å². The molecule has 2 aromatic carbocycles. The van der Waals surface area contributed by atoms with Crippen LogP contribution >= 0.6 is 12.2 Å². The van der Waals surface area contributed by atoms with Crippen molar-refractivity contribution in [2.45, 2.75) is 52.2 Å². The van der Waals surface area contributed by atoms with E-state index < -0.39 is 0 Å². The van der Waals surface area contributed by atoms with Crippen LogP contribution < -0.4 is 10.6 Å². The van der Waals surface area contributed by atoms with Gasteiger partial charge in [0.15, 0.2) is 5.11 Å². The van der Waals surface area contributed by atoms with Gasteiger partial charge in [0, 0.05) is 24.7 Å². The minimum absolute atomic E-state index is 0.0566. The van der Waals surface area contributed by atoms with Gasteiger partial charge in [-0.1, -0.05) is 75.2 Å². The Kier molecular flexibility index (Phi) is 8.41. The number of hydrogen-bond acceptors (Lipinski definition) is 2. The van der Waals surface area contributed by atoms with E-state index in [4.69, 9.17) is 12.2 Å². The Hall–Kier alpha value is -2.47. The van der Waals surface area contributed by atoms with Crippen LogP contribution in [0.1, 0.15) is 44.2 Å². The lowest BCUT2D eigenvalue weighted by molar-refractivity contribution is -0.121. The largest absolute Gasteiger partial charge is 0.353 e. The van der Waals surface area contributed by atoms with Gasteiger partial charge < -0.3 is 15.5 Å². The fourth-order valence-electron chi connectivity index (χ4n) is 4.15. The van der Waals surface area contributed by atoms with Crippen molar-refractivity contribution >= 4 is 23.2 Å². The first-order valence-electron chi connectivity index (χ1n) is 11.0. The summed E-state index contributed by atoms with van der Waals surface area (Å²) in [6.07, 6.45) is 3.39. The molecule has 2 aromatic rings. The lowest BCUT2D eigenvalue weighted by Crippen LogP contribution is -2.49. The van der Waals surface area contributed by atoms with Gasteiger partial charge in [0.05, 0.1) is 6.54 Å². The molecule has 0 bridgehead atoms. The van der Waals surface area contributed by atoms with E-state index in [1.165, 1.54) is 12.5 Å². The second kappa shape index (κ2) is 11.2. The average Bonchev–Trinajstić information content (AvgIpc) is 2.77. The third-order valence-electron chi connectivity index (χ3n) is 6.28. The Morgan fingerprint density at radius 1 is 1.06 bits per heavy atom. The highest BCUT2D eigenvalue weighted by Gasteiger charge is 2.28. The molecule has 6 heteroatoms. The van der Waals surface area contributed by atoms with Crippen LogP contribution in [0.3, 0.4) is 0 Å². The van der Waals surface area contributed by atoms with E-state index in [0.717, 1.165) is 18.4 Å². The van der Waals surface area contributed by atoms with Gasteiger partial charge in [-0.25, -0.2) is 4.39 Å². The van der Waals surface area contributed by atoms with Crippen LogP contribution in [0, 0.1) is 17.7 Å². The first-order valence-corrected chi connectivity index (χ1v) is 11.4. The Balaban J connectivity index is 1.61. The van der Waals surface area contributed by atoms with Crippen molar-refractivity contribution in [1.82, 2.24) is 15.5 Å². The van der Waals surface area contributed by atoms with E-state index in [9.17, 15) is 9.18 Å². The molecule has 1 aliphatic rings. The molecular weight excluding hydrogens is 409 g/mol. The molecule has 1 fully saturated rings. The summed E-state index contributed by atoms with van der Waals surface area (Å²) < 4.78 is 14.2. The molecule has 3 atom stereocenters. The van der Waals surface area contributed by atoms with Gasteiger partial charge in [0.25, 0.3) is 0 Å². The van der Waals surface area contributed by atoms with Crippen LogP contribution in [0.2, 0.25) is 0 Å². The van der Waals surface area contributed by atoms with Gasteiger partial charge in [-0.3, -0.25) is 4.79 Å². The van der Waals surface area contributed by atoms with Crippen molar-refractivity contribution < 1.29 is 9.18 Å². The summed E-state index contributed by atoms with van der Waals surface area (Å²) in [5.41, 5.74) is 1.63. The van der Waals surface area contributed by atoms with Crippen molar-refractivity contribution in [3.8, 4) is 0 Å². The number of carbonyl (C=O) groups excluding carboxylic acids is 1. The minimum atomic E-state index is -0.262. The van der Waals surface area contributed by atoms with Gasteiger partial charge in [-0.05, 0) is 42.1 Å². The first kappa shape index (κ1) is 23.2. The molecule has 0 aliphatic heterocycles. The standard InChI is InChI=1S/C25H32FN3OS/c1-18-9-8-14-23(19(18)2)28-24(30)15-27-25(31)29(16-20-10-4-3-5-11-20)17-21-12-6-7-13-22(21)26/h3-7,10-13,18-19,23H,8-9,14-17H2,1-2H3,(H,27,31)(H,28,30)/t18-,19+,23-/m1/s1. The molecule has 1 saturated carbocycles. The molecule has 0 spiro atoms. The minimum Gasteiger partial charge on any atom is -0.353 e. The van der Waals surface area contributed by atoms with Crippen LogP contribution in [0.15, 0.2) is 54.6 Å². The monoisotopic (exact) mass is 441 g/mol. The van der Waals surface area contributed by atoms with E-state index in [1.807, 2.05) is 41.3 Å². The summed E-state index contributed by atoms with van der Waals surface area (Å²) >= 11 is 5.59. The van der Waals surface area contributed by atoms with Crippen LogP contribution in [0.5, 0.6) is 0 Å². The van der Waals surface area contributed by atoms with Gasteiger partial charge in [0.1, 0.15) is 5.82 Å². The maximum Gasteiger partial charge on any atom is 0.239 e. The first-order chi connectivity index (χ1) is 14.9. The molecular formula is C25H32FN3OS. The zero-order chi connectivity index (χ0) is 22.2. The van der Waals surface area contributed by atoms with Gasteiger partial charge in [-0.15, -0.1) is 0 Å². The Morgan fingerprint density at radius 2 is 1.77 bits per heavy atom. The number of carbonyl (C=O) groups is 1. The van der Waals surface area contributed by atoms with Crippen LogP contribution in [0.4, 0.5) is 4.39 Å². The maximum absolute atomic E-state index is 14.2. The van der Waals surface area contributed by atoms with Gasteiger partial charge >= 0.3 is 0 Å². The number of halogens is 1. The highest BCUT2D eigenvalue weighted by atomic mass is 32.1. The van der Waals surface area contributed by atoms with E-state index in [2.05, 4.69) is 24.5 Å². The molecule has 0 heterocycles. The van der Waals surface area contributed by atoms with Crippen molar-refractivity contribution in [3.63, 3.8) is 0 Å². The summed E-state index contributed by atoms with van der Waals surface area (Å²) in [6, 6.07) is 16.8.